The van der Waals surface area contributed by atoms with Crippen molar-refractivity contribution >= 4 is 0 Å². The van der Waals surface area contributed by atoms with Crippen LogP contribution in [0.5, 0.6) is 0 Å². The molecule has 0 aliphatic heterocycles. The molecule has 1 aromatic carbocycles. The molecule has 0 amide bonds. The van der Waals surface area contributed by atoms with Crippen molar-refractivity contribution in [2.75, 3.05) is 0 Å². The number of alkyl halides is 3. The zero-order valence-electron chi connectivity index (χ0n) is 13.1. The van der Waals surface area contributed by atoms with Gasteiger partial charge in [0.1, 0.15) is 0 Å². The van der Waals surface area contributed by atoms with Gasteiger partial charge in [0.2, 0.25) is 5.89 Å². The predicted molar refractivity (Wildman–Crippen MR) is 80.1 cm³/mol. The molecule has 0 bridgehead atoms. The highest BCUT2D eigenvalue weighted by Gasteiger charge is 2.48. The minimum atomic E-state index is -4.37. The Morgan fingerprint density at radius 2 is 1.79 bits per heavy atom. The third kappa shape index (κ3) is 2.25. The van der Waals surface area contributed by atoms with Gasteiger partial charge < -0.3 is 10.3 Å². The predicted octanol–water partition coefficient (Wildman–Crippen LogP) is 3.90. The molecular formula is C17H18F3N3O. The molecule has 0 atom stereocenters. The van der Waals surface area contributed by atoms with E-state index in [1.165, 1.54) is 12.1 Å². The highest BCUT2D eigenvalue weighted by Crippen LogP contribution is 2.50. The summed E-state index contributed by atoms with van der Waals surface area (Å²) >= 11 is 0. The van der Waals surface area contributed by atoms with E-state index in [-0.39, 0.29) is 0 Å². The van der Waals surface area contributed by atoms with Crippen molar-refractivity contribution in [3.8, 4) is 0 Å². The van der Waals surface area contributed by atoms with Crippen LogP contribution >= 0.6 is 0 Å². The lowest BCUT2D eigenvalue weighted by molar-refractivity contribution is -0.137. The molecule has 2 saturated carbocycles. The fraction of sp³-hybridized carbons (Fsp3) is 0.529. The number of aromatic nitrogens is 2. The van der Waals surface area contributed by atoms with Crippen molar-refractivity contribution in [1.29, 1.82) is 0 Å². The van der Waals surface area contributed by atoms with Crippen molar-refractivity contribution < 1.29 is 17.7 Å². The van der Waals surface area contributed by atoms with Gasteiger partial charge >= 0.3 is 6.18 Å². The van der Waals surface area contributed by atoms with Gasteiger partial charge in [0.25, 0.3) is 0 Å². The van der Waals surface area contributed by atoms with E-state index in [0.717, 1.165) is 31.7 Å². The molecule has 0 radical (unpaired) electrons. The Morgan fingerprint density at radius 1 is 1.08 bits per heavy atom. The number of benzene rings is 1. The second kappa shape index (κ2) is 5.05. The number of hydrogen-bond acceptors (Lipinski definition) is 4. The Bertz CT molecular complexity index is 760. The van der Waals surface area contributed by atoms with Crippen molar-refractivity contribution in [1.82, 2.24) is 10.1 Å². The van der Waals surface area contributed by atoms with Gasteiger partial charge in [-0.3, -0.25) is 0 Å². The van der Waals surface area contributed by atoms with Gasteiger partial charge in [-0.25, -0.2) is 0 Å². The van der Waals surface area contributed by atoms with E-state index in [4.69, 9.17) is 10.3 Å². The lowest BCUT2D eigenvalue weighted by atomic mass is 9.64. The van der Waals surface area contributed by atoms with E-state index in [0.29, 0.717) is 30.1 Å². The molecule has 128 valence electrons. The lowest BCUT2D eigenvalue weighted by Gasteiger charge is -2.39. The van der Waals surface area contributed by atoms with Gasteiger partial charge in [0.05, 0.1) is 16.5 Å². The van der Waals surface area contributed by atoms with Gasteiger partial charge in [-0.2, -0.15) is 18.2 Å². The molecule has 2 aromatic rings. The normalized spacial score (nSPS) is 21.8. The van der Waals surface area contributed by atoms with Gasteiger partial charge in [0.15, 0.2) is 5.82 Å². The maximum Gasteiger partial charge on any atom is 0.416 e. The van der Waals surface area contributed by atoms with E-state index >= 15 is 0 Å². The molecule has 4 rings (SSSR count). The highest BCUT2D eigenvalue weighted by molar-refractivity contribution is 5.38. The summed E-state index contributed by atoms with van der Waals surface area (Å²) in [4.78, 5) is 4.48. The van der Waals surface area contributed by atoms with E-state index in [1.807, 2.05) is 0 Å². The minimum absolute atomic E-state index is 0.389. The Balaban J connectivity index is 1.72. The zero-order valence-corrected chi connectivity index (χ0v) is 13.1. The van der Waals surface area contributed by atoms with Crippen LogP contribution in [-0.2, 0) is 17.1 Å². The third-order valence-electron chi connectivity index (χ3n) is 5.48. The van der Waals surface area contributed by atoms with Crippen molar-refractivity contribution in [3.05, 3.63) is 47.1 Å². The minimum Gasteiger partial charge on any atom is -0.338 e. The molecule has 7 heteroatoms. The number of rotatable bonds is 3. The number of halogens is 3. The summed E-state index contributed by atoms with van der Waals surface area (Å²) in [6, 6.07) is 5.43. The first-order chi connectivity index (χ1) is 11.3. The number of nitrogens with two attached hydrogens (primary N) is 1. The van der Waals surface area contributed by atoms with Gasteiger partial charge in [-0.05, 0) is 43.7 Å². The molecule has 1 aromatic heterocycles. The molecule has 0 unspecified atom stereocenters. The third-order valence-corrected chi connectivity index (χ3v) is 5.48. The Kier molecular flexibility index (Phi) is 3.29. The average Bonchev–Trinajstić information content (AvgIpc) is 2.93. The Labute approximate surface area is 137 Å². The van der Waals surface area contributed by atoms with Crippen LogP contribution in [0.3, 0.4) is 0 Å². The summed E-state index contributed by atoms with van der Waals surface area (Å²) in [5.41, 5.74) is 5.00. The molecule has 2 N–H and O–H groups in total. The van der Waals surface area contributed by atoms with E-state index in [1.54, 1.807) is 6.07 Å². The Hall–Kier alpha value is -1.89. The SMILES string of the molecule is NC1(c2noc(C3(c4cccc(C(F)(F)F)c4)CCC3)n2)CCC1. The summed E-state index contributed by atoms with van der Waals surface area (Å²) < 4.78 is 44.5. The average molecular weight is 337 g/mol. The standard InChI is InChI=1S/C17H18F3N3O/c18-17(19,20)12-5-1-4-11(10-12)15(6-2-7-15)14-22-13(23-24-14)16(21)8-3-9-16/h1,4-5,10H,2-3,6-9,21H2. The highest BCUT2D eigenvalue weighted by atomic mass is 19.4. The van der Waals surface area contributed by atoms with Crippen LogP contribution in [0.1, 0.15) is 61.4 Å². The van der Waals surface area contributed by atoms with Crippen LogP contribution in [-0.4, -0.2) is 10.1 Å². The number of nitrogens with zero attached hydrogens (tertiary/aromatic N) is 2. The zero-order chi connectivity index (χ0) is 17.0. The maximum atomic E-state index is 13.0. The summed E-state index contributed by atoms with van der Waals surface area (Å²) in [6.07, 6.45) is 0.598. The number of hydrogen-bond donors (Lipinski definition) is 1. The van der Waals surface area contributed by atoms with Gasteiger partial charge in [0, 0.05) is 0 Å². The largest absolute Gasteiger partial charge is 0.416 e. The molecule has 0 saturated heterocycles. The first-order valence-electron chi connectivity index (χ1n) is 8.15. The van der Waals surface area contributed by atoms with E-state index < -0.39 is 22.7 Å². The van der Waals surface area contributed by atoms with Crippen molar-refractivity contribution in [2.45, 2.75) is 55.7 Å². The lowest BCUT2D eigenvalue weighted by Crippen LogP contribution is -2.44. The van der Waals surface area contributed by atoms with Gasteiger partial charge in [-0.15, -0.1) is 0 Å². The van der Waals surface area contributed by atoms with Gasteiger partial charge in [-0.1, -0.05) is 29.8 Å². The summed E-state index contributed by atoms with van der Waals surface area (Å²) in [7, 11) is 0. The molecular weight excluding hydrogens is 319 g/mol. The second-order valence-corrected chi connectivity index (χ2v) is 6.95. The van der Waals surface area contributed by atoms with E-state index in [9.17, 15) is 13.2 Å². The van der Waals surface area contributed by atoms with Crippen LogP contribution in [0.4, 0.5) is 13.2 Å². The van der Waals surface area contributed by atoms with Crippen LogP contribution in [0.15, 0.2) is 28.8 Å². The van der Waals surface area contributed by atoms with Crippen LogP contribution in [0, 0.1) is 0 Å². The molecule has 1 heterocycles. The van der Waals surface area contributed by atoms with E-state index in [2.05, 4.69) is 10.1 Å². The summed E-state index contributed by atoms with van der Waals surface area (Å²) in [5.74, 6) is 0.863. The van der Waals surface area contributed by atoms with Crippen molar-refractivity contribution in [3.63, 3.8) is 0 Å². The quantitative estimate of drug-likeness (QED) is 0.923. The summed E-state index contributed by atoms with van der Waals surface area (Å²) in [6.45, 7) is 0. The van der Waals surface area contributed by atoms with Crippen LogP contribution in [0.25, 0.3) is 0 Å². The topological polar surface area (TPSA) is 64.9 Å². The maximum absolute atomic E-state index is 13.0. The molecule has 0 spiro atoms. The fourth-order valence-electron chi connectivity index (χ4n) is 3.55. The Morgan fingerprint density at radius 3 is 2.33 bits per heavy atom. The molecule has 2 aliphatic rings. The molecule has 4 nitrogen and oxygen atoms in total. The molecule has 2 aliphatic carbocycles. The van der Waals surface area contributed by atoms with Crippen LogP contribution in [0.2, 0.25) is 0 Å². The fourth-order valence-corrected chi connectivity index (χ4v) is 3.55. The van der Waals surface area contributed by atoms with Crippen molar-refractivity contribution in [2.24, 2.45) is 5.73 Å². The van der Waals surface area contributed by atoms with Crippen LogP contribution < -0.4 is 5.73 Å². The first-order valence-corrected chi connectivity index (χ1v) is 8.15. The molecule has 2 fully saturated rings. The first kappa shape index (κ1) is 15.6. The summed E-state index contributed by atoms with van der Waals surface area (Å²) in [5, 5.41) is 4.02. The second-order valence-electron chi connectivity index (χ2n) is 6.95. The monoisotopic (exact) mass is 337 g/mol. The molecule has 24 heavy (non-hydrogen) atoms. The smallest absolute Gasteiger partial charge is 0.338 e.